The maximum Gasteiger partial charge on any atom is 0.240 e. The minimum absolute atomic E-state index is 0.170. The van der Waals surface area contributed by atoms with Crippen molar-refractivity contribution < 1.29 is 12.6 Å². The number of nitrogens with two attached hydrogens (primary N) is 1. The van der Waals surface area contributed by atoms with Gasteiger partial charge in [0, 0.05) is 35.9 Å². The summed E-state index contributed by atoms with van der Waals surface area (Å²) >= 11 is 0. The van der Waals surface area contributed by atoms with Crippen LogP contribution in [0.2, 0.25) is 0 Å². The van der Waals surface area contributed by atoms with Crippen LogP contribution in [-0.2, 0) is 27.4 Å². The largest absolute Gasteiger partial charge is 0.326 e. The highest BCUT2D eigenvalue weighted by Gasteiger charge is 2.16. The van der Waals surface area contributed by atoms with Gasteiger partial charge in [0.05, 0.1) is 4.90 Å². The van der Waals surface area contributed by atoms with E-state index in [2.05, 4.69) is 4.72 Å². The summed E-state index contributed by atoms with van der Waals surface area (Å²) in [4.78, 5) is 0.238. The second-order valence-electron chi connectivity index (χ2n) is 3.98. The lowest BCUT2D eigenvalue weighted by Gasteiger charge is -2.09. The van der Waals surface area contributed by atoms with Gasteiger partial charge in [-0.3, -0.25) is 4.21 Å². The molecule has 0 heterocycles. The first-order chi connectivity index (χ1) is 8.36. The Morgan fingerprint density at radius 3 is 2.56 bits per heavy atom. The summed E-state index contributed by atoms with van der Waals surface area (Å²) in [7, 11) is -4.55. The van der Waals surface area contributed by atoms with E-state index in [1.54, 1.807) is 25.1 Å². The van der Waals surface area contributed by atoms with E-state index < -0.39 is 20.8 Å². The highest BCUT2D eigenvalue weighted by Crippen LogP contribution is 2.16. The van der Waals surface area contributed by atoms with Gasteiger partial charge in [-0.15, -0.1) is 0 Å². The fourth-order valence-corrected chi connectivity index (χ4v) is 3.31. The Bertz CT molecular complexity index is 541. The molecule has 0 fully saturated rings. The fourth-order valence-electron chi connectivity index (χ4n) is 1.54. The standard InChI is InChI=1S/C11H18N2O3S2/c1-9-7-10(8-12)3-4-11(9)18(15,16)13-5-6-17(2)14/h3-4,7,13H,5-6,8,12H2,1-2H3. The smallest absolute Gasteiger partial charge is 0.240 e. The second-order valence-corrected chi connectivity index (χ2v) is 7.27. The van der Waals surface area contributed by atoms with Crippen molar-refractivity contribution in [2.45, 2.75) is 18.4 Å². The maximum absolute atomic E-state index is 12.0. The van der Waals surface area contributed by atoms with Crippen molar-refractivity contribution >= 4 is 20.8 Å². The summed E-state index contributed by atoms with van der Waals surface area (Å²) in [5, 5.41) is 0. The van der Waals surface area contributed by atoms with Crippen molar-refractivity contribution in [1.82, 2.24) is 4.72 Å². The third kappa shape index (κ3) is 4.16. The highest BCUT2D eigenvalue weighted by atomic mass is 32.2. The summed E-state index contributed by atoms with van der Waals surface area (Å²) in [6.45, 7) is 2.28. The van der Waals surface area contributed by atoms with Crippen molar-refractivity contribution in [3.05, 3.63) is 29.3 Å². The fraction of sp³-hybridized carbons (Fsp3) is 0.455. The number of nitrogens with one attached hydrogen (secondary N) is 1. The SMILES string of the molecule is Cc1cc(CN)ccc1S(=O)(=O)NCCS(C)=O. The van der Waals surface area contributed by atoms with E-state index >= 15 is 0 Å². The molecular formula is C11H18N2O3S2. The van der Waals surface area contributed by atoms with Crippen molar-refractivity contribution in [3.63, 3.8) is 0 Å². The molecule has 0 saturated carbocycles. The van der Waals surface area contributed by atoms with Gasteiger partial charge in [0.1, 0.15) is 0 Å². The molecule has 102 valence electrons. The van der Waals surface area contributed by atoms with Gasteiger partial charge < -0.3 is 5.73 Å². The number of sulfonamides is 1. The lowest BCUT2D eigenvalue weighted by molar-refractivity contribution is 0.583. The quantitative estimate of drug-likeness (QED) is 0.778. The van der Waals surface area contributed by atoms with Crippen LogP contribution in [0.25, 0.3) is 0 Å². The first-order valence-electron chi connectivity index (χ1n) is 5.46. The van der Waals surface area contributed by atoms with Gasteiger partial charge in [0.25, 0.3) is 0 Å². The number of benzene rings is 1. The molecule has 0 radical (unpaired) electrons. The summed E-state index contributed by atoms with van der Waals surface area (Å²) in [5.41, 5.74) is 7.04. The molecule has 0 aliphatic carbocycles. The Kier molecular flexibility index (Phi) is 5.46. The zero-order valence-corrected chi connectivity index (χ0v) is 12.1. The van der Waals surface area contributed by atoms with Gasteiger partial charge in [0.2, 0.25) is 10.0 Å². The summed E-state index contributed by atoms with van der Waals surface area (Å²) < 4.78 is 37.3. The average Bonchev–Trinajstić information content (AvgIpc) is 2.27. The average molecular weight is 290 g/mol. The molecule has 18 heavy (non-hydrogen) atoms. The lowest BCUT2D eigenvalue weighted by Crippen LogP contribution is -2.28. The molecule has 0 saturated heterocycles. The Morgan fingerprint density at radius 1 is 1.39 bits per heavy atom. The molecule has 0 bridgehead atoms. The van der Waals surface area contributed by atoms with E-state index in [0.29, 0.717) is 17.9 Å². The van der Waals surface area contributed by atoms with Crippen LogP contribution in [-0.4, -0.2) is 31.2 Å². The molecular weight excluding hydrogens is 272 g/mol. The Labute approximate surface area is 110 Å². The van der Waals surface area contributed by atoms with Gasteiger partial charge in [0.15, 0.2) is 0 Å². The topological polar surface area (TPSA) is 89.3 Å². The molecule has 7 heteroatoms. The molecule has 3 N–H and O–H groups in total. The number of hydrogen-bond acceptors (Lipinski definition) is 4. The number of aryl methyl sites for hydroxylation is 1. The van der Waals surface area contributed by atoms with Crippen LogP contribution in [0.4, 0.5) is 0 Å². The Hall–Kier alpha value is -0.760. The van der Waals surface area contributed by atoms with Crippen LogP contribution >= 0.6 is 0 Å². The Morgan fingerprint density at radius 2 is 2.06 bits per heavy atom. The van der Waals surface area contributed by atoms with E-state index in [1.807, 2.05) is 0 Å². The first kappa shape index (κ1) is 15.3. The maximum atomic E-state index is 12.0. The molecule has 1 atom stereocenters. The molecule has 5 nitrogen and oxygen atoms in total. The van der Waals surface area contributed by atoms with Gasteiger partial charge in [-0.2, -0.15) is 0 Å². The van der Waals surface area contributed by atoms with Gasteiger partial charge in [-0.1, -0.05) is 12.1 Å². The molecule has 1 aromatic rings. The van der Waals surface area contributed by atoms with E-state index in [1.165, 1.54) is 6.26 Å². The van der Waals surface area contributed by atoms with E-state index in [4.69, 9.17) is 5.73 Å². The number of hydrogen-bond donors (Lipinski definition) is 2. The van der Waals surface area contributed by atoms with Crippen molar-refractivity contribution in [1.29, 1.82) is 0 Å². The molecule has 0 aliphatic heterocycles. The molecule has 1 unspecified atom stereocenters. The van der Waals surface area contributed by atoms with Crippen molar-refractivity contribution in [2.24, 2.45) is 5.73 Å². The summed E-state index contributed by atoms with van der Waals surface area (Å²) in [6, 6.07) is 4.99. The van der Waals surface area contributed by atoms with Crippen molar-refractivity contribution in [2.75, 3.05) is 18.6 Å². The van der Waals surface area contributed by atoms with E-state index in [-0.39, 0.29) is 11.4 Å². The molecule has 0 aromatic heterocycles. The van der Waals surface area contributed by atoms with Crippen LogP contribution in [0.15, 0.2) is 23.1 Å². The summed E-state index contributed by atoms with van der Waals surface area (Å²) in [6.07, 6.45) is 1.54. The molecule has 1 rings (SSSR count). The lowest BCUT2D eigenvalue weighted by atomic mass is 10.1. The monoisotopic (exact) mass is 290 g/mol. The van der Waals surface area contributed by atoms with Crippen LogP contribution in [0.5, 0.6) is 0 Å². The molecule has 0 aliphatic rings. The predicted molar refractivity (Wildman–Crippen MR) is 73.2 cm³/mol. The van der Waals surface area contributed by atoms with Gasteiger partial charge in [-0.25, -0.2) is 13.1 Å². The number of rotatable bonds is 6. The van der Waals surface area contributed by atoms with Crippen LogP contribution in [0, 0.1) is 6.92 Å². The first-order valence-corrected chi connectivity index (χ1v) is 8.67. The zero-order valence-electron chi connectivity index (χ0n) is 10.5. The highest BCUT2D eigenvalue weighted by molar-refractivity contribution is 7.89. The summed E-state index contributed by atoms with van der Waals surface area (Å²) in [5.74, 6) is 0.305. The zero-order chi connectivity index (χ0) is 13.8. The predicted octanol–water partition coefficient (Wildman–Crippen LogP) is 0.111. The molecule has 0 amide bonds. The minimum atomic E-state index is -3.54. The Balaban J connectivity index is 2.88. The normalized spacial score (nSPS) is 13.5. The molecule has 1 aromatic carbocycles. The van der Waals surface area contributed by atoms with Crippen LogP contribution < -0.4 is 10.5 Å². The molecule has 0 spiro atoms. The van der Waals surface area contributed by atoms with Crippen LogP contribution in [0.1, 0.15) is 11.1 Å². The van der Waals surface area contributed by atoms with Gasteiger partial charge >= 0.3 is 0 Å². The van der Waals surface area contributed by atoms with Crippen molar-refractivity contribution in [3.8, 4) is 0 Å². The second kappa shape index (κ2) is 6.42. The van der Waals surface area contributed by atoms with E-state index in [0.717, 1.165) is 5.56 Å². The van der Waals surface area contributed by atoms with Crippen LogP contribution in [0.3, 0.4) is 0 Å². The third-order valence-corrected chi connectivity index (χ3v) is 4.85. The third-order valence-electron chi connectivity index (χ3n) is 2.45. The minimum Gasteiger partial charge on any atom is -0.326 e. The van der Waals surface area contributed by atoms with Gasteiger partial charge in [-0.05, 0) is 24.1 Å². The van der Waals surface area contributed by atoms with E-state index in [9.17, 15) is 12.6 Å².